The summed E-state index contributed by atoms with van der Waals surface area (Å²) in [7, 11) is 1.56. The molecule has 1 aliphatic heterocycles. The Morgan fingerprint density at radius 3 is 2.67 bits per heavy atom. The minimum atomic E-state index is 0.0794. The van der Waals surface area contributed by atoms with Gasteiger partial charge in [-0.3, -0.25) is 4.79 Å². The summed E-state index contributed by atoms with van der Waals surface area (Å²) in [6.45, 7) is 0.894. The van der Waals surface area contributed by atoms with Crippen molar-refractivity contribution in [3.8, 4) is 5.75 Å². The maximum absolute atomic E-state index is 12.6. The van der Waals surface area contributed by atoms with E-state index in [1.54, 1.807) is 13.2 Å². The number of hydrogen-bond donors (Lipinski definition) is 2. The van der Waals surface area contributed by atoms with Crippen LogP contribution in [0.3, 0.4) is 0 Å². The third-order valence-electron chi connectivity index (χ3n) is 4.80. The van der Waals surface area contributed by atoms with Gasteiger partial charge in [-0.2, -0.15) is 0 Å². The summed E-state index contributed by atoms with van der Waals surface area (Å²) >= 11 is 0. The van der Waals surface area contributed by atoms with Gasteiger partial charge in [-0.25, -0.2) is 0 Å². The molecule has 0 unspecified atom stereocenters. The predicted molar refractivity (Wildman–Crippen MR) is 80.1 cm³/mol. The van der Waals surface area contributed by atoms with Crippen LogP contribution in [0.2, 0.25) is 0 Å². The highest BCUT2D eigenvalue weighted by molar-refractivity contribution is 5.99. The number of anilines is 1. The molecule has 3 N–H and O–H groups in total. The number of aliphatic hydroxyl groups excluding tert-OH is 1. The highest BCUT2D eigenvalue weighted by Gasteiger charge is 2.35. The fourth-order valence-corrected chi connectivity index (χ4v) is 3.49. The molecule has 5 nitrogen and oxygen atoms in total. The number of methoxy groups -OCH3 is 1. The van der Waals surface area contributed by atoms with Gasteiger partial charge in [0.1, 0.15) is 5.75 Å². The molecule has 114 valence electrons. The first-order valence-electron chi connectivity index (χ1n) is 7.52. The first-order chi connectivity index (χ1) is 10.1. The Morgan fingerprint density at radius 2 is 2.05 bits per heavy atom. The average Bonchev–Trinajstić information content (AvgIpc) is 2.82. The molecular formula is C16H22N2O3. The minimum Gasteiger partial charge on any atom is -0.495 e. The van der Waals surface area contributed by atoms with Crippen LogP contribution in [0.15, 0.2) is 12.1 Å². The fourth-order valence-electron chi connectivity index (χ4n) is 3.49. The number of carbonyl (C=O) groups excluding carboxylic acids is 1. The second-order valence-electron chi connectivity index (χ2n) is 6.04. The van der Waals surface area contributed by atoms with Gasteiger partial charge in [-0.15, -0.1) is 0 Å². The quantitative estimate of drug-likeness (QED) is 0.832. The Morgan fingerprint density at radius 1 is 1.33 bits per heavy atom. The maximum Gasteiger partial charge on any atom is 0.254 e. The predicted octanol–water partition coefficient (Wildman–Crippen LogP) is 1.78. The van der Waals surface area contributed by atoms with E-state index >= 15 is 0 Å². The lowest BCUT2D eigenvalue weighted by molar-refractivity contribution is 0.0609. The molecule has 21 heavy (non-hydrogen) atoms. The molecule has 1 aromatic rings. The molecule has 0 saturated heterocycles. The summed E-state index contributed by atoms with van der Waals surface area (Å²) in [4.78, 5) is 14.6. The van der Waals surface area contributed by atoms with Crippen molar-refractivity contribution in [3.63, 3.8) is 0 Å². The summed E-state index contributed by atoms with van der Waals surface area (Å²) in [6.07, 6.45) is 3.93. The van der Waals surface area contributed by atoms with Crippen molar-refractivity contribution in [1.82, 2.24) is 4.90 Å². The zero-order valence-electron chi connectivity index (χ0n) is 12.3. The van der Waals surface area contributed by atoms with Crippen molar-refractivity contribution in [2.24, 2.45) is 5.92 Å². The highest BCUT2D eigenvalue weighted by atomic mass is 16.5. The van der Waals surface area contributed by atoms with Gasteiger partial charge in [0.05, 0.1) is 12.8 Å². The molecular weight excluding hydrogens is 268 g/mol. The second kappa shape index (κ2) is 5.56. The van der Waals surface area contributed by atoms with E-state index in [0.29, 0.717) is 29.5 Å². The van der Waals surface area contributed by atoms with Crippen molar-refractivity contribution < 1.29 is 14.6 Å². The molecule has 1 heterocycles. The lowest BCUT2D eigenvalue weighted by Crippen LogP contribution is -2.38. The number of nitrogens with two attached hydrogens (primary N) is 1. The Hall–Kier alpha value is -1.75. The molecule has 5 heteroatoms. The third-order valence-corrected chi connectivity index (χ3v) is 4.80. The van der Waals surface area contributed by atoms with E-state index in [-0.39, 0.29) is 18.6 Å². The monoisotopic (exact) mass is 290 g/mol. The van der Waals surface area contributed by atoms with Crippen molar-refractivity contribution >= 4 is 11.6 Å². The number of nitrogens with zero attached hydrogens (tertiary/aromatic N) is 1. The van der Waals surface area contributed by atoms with Crippen LogP contribution in [-0.4, -0.2) is 35.7 Å². The van der Waals surface area contributed by atoms with Gasteiger partial charge in [-0.1, -0.05) is 0 Å². The standard InChI is InChI=1S/C16H22N2O3/c1-21-15-7-13-11(6-14(15)17)8-18(16(13)20)12-4-2-10(9-19)3-5-12/h6-7,10,12,19H,2-5,8-9,17H2,1H3. The molecule has 1 aromatic carbocycles. The van der Waals surface area contributed by atoms with E-state index in [2.05, 4.69) is 0 Å². The normalized spacial score (nSPS) is 25.0. The van der Waals surface area contributed by atoms with Crippen LogP contribution < -0.4 is 10.5 Å². The Kier molecular flexibility index (Phi) is 3.76. The topological polar surface area (TPSA) is 75.8 Å². The SMILES string of the molecule is COc1cc2c(cc1N)CN(C1CCC(CO)CC1)C2=O. The zero-order valence-corrected chi connectivity index (χ0v) is 12.3. The number of hydrogen-bond acceptors (Lipinski definition) is 4. The zero-order chi connectivity index (χ0) is 15.0. The molecule has 2 aliphatic rings. The fraction of sp³-hybridized carbons (Fsp3) is 0.562. The lowest BCUT2D eigenvalue weighted by atomic mass is 9.86. The van der Waals surface area contributed by atoms with E-state index < -0.39 is 0 Å². The molecule has 1 aliphatic carbocycles. The summed E-state index contributed by atoms with van der Waals surface area (Å²) in [5, 5.41) is 9.22. The number of amides is 1. The van der Waals surface area contributed by atoms with Crippen LogP contribution in [0.4, 0.5) is 5.69 Å². The molecule has 0 atom stereocenters. The number of carbonyl (C=O) groups is 1. The third kappa shape index (κ3) is 2.46. The summed E-state index contributed by atoms with van der Waals surface area (Å²) in [5.41, 5.74) is 8.21. The Bertz CT molecular complexity index is 551. The molecule has 0 radical (unpaired) electrons. The molecule has 0 aromatic heterocycles. The smallest absolute Gasteiger partial charge is 0.254 e. The van der Waals surface area contributed by atoms with Crippen LogP contribution in [-0.2, 0) is 6.54 Å². The average molecular weight is 290 g/mol. The van der Waals surface area contributed by atoms with Crippen molar-refractivity contribution in [2.75, 3.05) is 19.5 Å². The molecule has 3 rings (SSSR count). The van der Waals surface area contributed by atoms with Crippen molar-refractivity contribution in [3.05, 3.63) is 23.3 Å². The lowest BCUT2D eigenvalue weighted by Gasteiger charge is -2.34. The van der Waals surface area contributed by atoms with E-state index in [1.807, 2.05) is 11.0 Å². The molecule has 0 spiro atoms. The van der Waals surface area contributed by atoms with Gasteiger partial charge < -0.3 is 20.5 Å². The molecule has 1 saturated carbocycles. The largest absolute Gasteiger partial charge is 0.495 e. The molecule has 1 amide bonds. The van der Waals surface area contributed by atoms with Crippen LogP contribution in [0.1, 0.15) is 41.6 Å². The number of rotatable bonds is 3. The van der Waals surface area contributed by atoms with Gasteiger partial charge in [-0.05, 0) is 49.3 Å². The van der Waals surface area contributed by atoms with Gasteiger partial charge in [0.2, 0.25) is 0 Å². The van der Waals surface area contributed by atoms with Crippen molar-refractivity contribution in [1.29, 1.82) is 0 Å². The first kappa shape index (κ1) is 14.2. The van der Waals surface area contributed by atoms with Crippen LogP contribution in [0.25, 0.3) is 0 Å². The Balaban J connectivity index is 1.78. The number of fused-ring (bicyclic) bond motifs is 1. The van der Waals surface area contributed by atoms with Crippen LogP contribution >= 0.6 is 0 Å². The van der Waals surface area contributed by atoms with Gasteiger partial charge in [0, 0.05) is 24.8 Å². The summed E-state index contributed by atoms with van der Waals surface area (Å²) in [5.74, 6) is 1.04. The number of ether oxygens (including phenoxy) is 1. The van der Waals surface area contributed by atoms with Gasteiger partial charge >= 0.3 is 0 Å². The van der Waals surface area contributed by atoms with E-state index in [9.17, 15) is 9.90 Å². The summed E-state index contributed by atoms with van der Waals surface area (Å²) in [6, 6.07) is 3.89. The number of benzene rings is 1. The highest BCUT2D eigenvalue weighted by Crippen LogP contribution is 2.36. The van der Waals surface area contributed by atoms with Crippen molar-refractivity contribution in [2.45, 2.75) is 38.3 Å². The second-order valence-corrected chi connectivity index (χ2v) is 6.04. The maximum atomic E-state index is 12.6. The molecule has 1 fully saturated rings. The summed E-state index contributed by atoms with van der Waals surface area (Å²) < 4.78 is 5.20. The van der Waals surface area contributed by atoms with E-state index in [1.165, 1.54) is 0 Å². The molecule has 0 bridgehead atoms. The number of nitrogen functional groups attached to an aromatic ring is 1. The van der Waals surface area contributed by atoms with E-state index in [0.717, 1.165) is 31.2 Å². The van der Waals surface area contributed by atoms with Gasteiger partial charge in [0.15, 0.2) is 0 Å². The Labute approximate surface area is 124 Å². The number of aliphatic hydroxyl groups is 1. The first-order valence-corrected chi connectivity index (χ1v) is 7.52. The van der Waals surface area contributed by atoms with Crippen LogP contribution in [0.5, 0.6) is 5.75 Å². The van der Waals surface area contributed by atoms with E-state index in [4.69, 9.17) is 10.5 Å². The minimum absolute atomic E-state index is 0.0794. The van der Waals surface area contributed by atoms with Crippen LogP contribution in [0, 0.1) is 5.92 Å². The van der Waals surface area contributed by atoms with Gasteiger partial charge in [0.25, 0.3) is 5.91 Å².